The molecule has 0 heterocycles. The van der Waals surface area contributed by atoms with E-state index in [-0.39, 0.29) is 0 Å². The van der Waals surface area contributed by atoms with Crippen LogP contribution in [0.4, 0.5) is 0 Å². The summed E-state index contributed by atoms with van der Waals surface area (Å²) in [5.41, 5.74) is 2.15. The van der Waals surface area contributed by atoms with E-state index in [1.54, 1.807) is 0 Å². The summed E-state index contributed by atoms with van der Waals surface area (Å²) in [6.07, 6.45) is 1.35. The second-order valence-corrected chi connectivity index (χ2v) is 4.96. The summed E-state index contributed by atoms with van der Waals surface area (Å²) in [5.74, 6) is 0.677. The summed E-state index contributed by atoms with van der Waals surface area (Å²) >= 11 is 0. The van der Waals surface area contributed by atoms with Crippen molar-refractivity contribution in [2.24, 2.45) is 5.92 Å². The van der Waals surface area contributed by atoms with E-state index >= 15 is 0 Å². The normalized spacial score (nSPS) is 13.0. The maximum Gasteiger partial charge on any atom is 0.0814 e. The van der Waals surface area contributed by atoms with Crippen LogP contribution >= 0.6 is 0 Å². The van der Waals surface area contributed by atoms with Gasteiger partial charge in [0.1, 0.15) is 0 Å². The average Bonchev–Trinajstić information content (AvgIpc) is 2.28. The van der Waals surface area contributed by atoms with Crippen molar-refractivity contribution in [3.8, 4) is 0 Å². The van der Waals surface area contributed by atoms with E-state index in [1.807, 2.05) is 31.2 Å². The van der Waals surface area contributed by atoms with Crippen LogP contribution in [0.3, 0.4) is 0 Å². The SMILES string of the molecule is Cc1ccccc1C(O)CCOCCC(C)C. The fourth-order valence-electron chi connectivity index (χ4n) is 1.73. The highest BCUT2D eigenvalue weighted by Gasteiger charge is 2.09. The number of aryl methyl sites for hydroxylation is 1. The molecule has 1 N–H and O–H groups in total. The number of rotatable bonds is 7. The smallest absolute Gasteiger partial charge is 0.0814 e. The Kier molecular flexibility index (Phi) is 6.23. The van der Waals surface area contributed by atoms with Gasteiger partial charge in [-0.2, -0.15) is 0 Å². The van der Waals surface area contributed by atoms with Gasteiger partial charge in [0.05, 0.1) is 6.10 Å². The van der Waals surface area contributed by atoms with E-state index in [2.05, 4.69) is 13.8 Å². The molecule has 0 amide bonds. The summed E-state index contributed by atoms with van der Waals surface area (Å²) < 4.78 is 5.52. The van der Waals surface area contributed by atoms with Crippen LogP contribution in [0.25, 0.3) is 0 Å². The summed E-state index contributed by atoms with van der Waals surface area (Å²) in [5, 5.41) is 10.0. The fraction of sp³-hybridized carbons (Fsp3) is 0.600. The van der Waals surface area contributed by atoms with Crippen molar-refractivity contribution in [1.82, 2.24) is 0 Å². The first-order valence-electron chi connectivity index (χ1n) is 6.42. The average molecular weight is 236 g/mol. The van der Waals surface area contributed by atoms with Crippen LogP contribution in [0.5, 0.6) is 0 Å². The topological polar surface area (TPSA) is 29.5 Å². The van der Waals surface area contributed by atoms with Crippen LogP contribution in [-0.4, -0.2) is 18.3 Å². The zero-order valence-corrected chi connectivity index (χ0v) is 11.1. The second kappa shape index (κ2) is 7.46. The lowest BCUT2D eigenvalue weighted by molar-refractivity contribution is 0.0764. The number of hydrogen-bond donors (Lipinski definition) is 1. The Morgan fingerprint density at radius 3 is 2.41 bits per heavy atom. The van der Waals surface area contributed by atoms with E-state index < -0.39 is 6.10 Å². The van der Waals surface area contributed by atoms with Gasteiger partial charge in [-0.1, -0.05) is 38.1 Å². The van der Waals surface area contributed by atoms with E-state index in [4.69, 9.17) is 4.74 Å². The van der Waals surface area contributed by atoms with E-state index in [0.29, 0.717) is 18.9 Å². The molecule has 1 atom stereocenters. The summed E-state index contributed by atoms with van der Waals surface area (Å²) in [7, 11) is 0. The molecule has 2 heteroatoms. The van der Waals surface area contributed by atoms with Crippen molar-refractivity contribution in [2.45, 2.75) is 39.7 Å². The number of ether oxygens (including phenoxy) is 1. The van der Waals surface area contributed by atoms with Crippen LogP contribution in [-0.2, 0) is 4.74 Å². The predicted molar refractivity (Wildman–Crippen MR) is 71.0 cm³/mol. The molecular formula is C15H24O2. The van der Waals surface area contributed by atoms with E-state index in [9.17, 15) is 5.11 Å². The maximum absolute atomic E-state index is 10.0. The Bertz CT molecular complexity index is 320. The highest BCUT2D eigenvalue weighted by atomic mass is 16.5. The van der Waals surface area contributed by atoms with Gasteiger partial charge >= 0.3 is 0 Å². The van der Waals surface area contributed by atoms with E-state index in [1.165, 1.54) is 0 Å². The number of aliphatic hydroxyl groups is 1. The van der Waals surface area contributed by atoms with Gasteiger partial charge in [0, 0.05) is 19.6 Å². The Balaban J connectivity index is 2.26. The number of benzene rings is 1. The van der Waals surface area contributed by atoms with Crippen LogP contribution in [0.2, 0.25) is 0 Å². The van der Waals surface area contributed by atoms with Gasteiger partial charge in [-0.25, -0.2) is 0 Å². The molecular weight excluding hydrogens is 212 g/mol. The Hall–Kier alpha value is -0.860. The van der Waals surface area contributed by atoms with Crippen molar-refractivity contribution in [3.63, 3.8) is 0 Å². The van der Waals surface area contributed by atoms with Crippen molar-refractivity contribution in [1.29, 1.82) is 0 Å². The zero-order chi connectivity index (χ0) is 12.7. The molecule has 17 heavy (non-hydrogen) atoms. The molecule has 0 fully saturated rings. The molecule has 1 aromatic rings. The molecule has 0 aliphatic heterocycles. The van der Waals surface area contributed by atoms with Gasteiger partial charge in [0.15, 0.2) is 0 Å². The minimum atomic E-state index is -0.407. The third-order valence-corrected chi connectivity index (χ3v) is 2.92. The second-order valence-electron chi connectivity index (χ2n) is 4.96. The Morgan fingerprint density at radius 2 is 1.76 bits per heavy atom. The van der Waals surface area contributed by atoms with E-state index in [0.717, 1.165) is 24.2 Å². The molecule has 0 saturated heterocycles. The highest BCUT2D eigenvalue weighted by molar-refractivity contribution is 5.27. The molecule has 0 aromatic heterocycles. The molecule has 1 aromatic carbocycles. The summed E-state index contributed by atoms with van der Waals surface area (Å²) in [6, 6.07) is 7.96. The monoisotopic (exact) mass is 236 g/mol. The minimum Gasteiger partial charge on any atom is -0.388 e. The van der Waals surface area contributed by atoms with Crippen molar-refractivity contribution < 1.29 is 9.84 Å². The van der Waals surface area contributed by atoms with Crippen molar-refractivity contribution in [3.05, 3.63) is 35.4 Å². The summed E-state index contributed by atoms with van der Waals surface area (Å²) in [4.78, 5) is 0. The van der Waals surface area contributed by atoms with Gasteiger partial charge < -0.3 is 9.84 Å². The first-order chi connectivity index (χ1) is 8.11. The van der Waals surface area contributed by atoms with Gasteiger partial charge in [-0.3, -0.25) is 0 Å². The minimum absolute atomic E-state index is 0.407. The Morgan fingerprint density at radius 1 is 1.12 bits per heavy atom. The molecule has 0 aliphatic rings. The van der Waals surface area contributed by atoms with Crippen LogP contribution < -0.4 is 0 Å². The quantitative estimate of drug-likeness (QED) is 0.734. The lowest BCUT2D eigenvalue weighted by atomic mass is 10.0. The van der Waals surface area contributed by atoms with Crippen LogP contribution in [0.15, 0.2) is 24.3 Å². The van der Waals surface area contributed by atoms with Gasteiger partial charge in [0.25, 0.3) is 0 Å². The highest BCUT2D eigenvalue weighted by Crippen LogP contribution is 2.20. The van der Waals surface area contributed by atoms with Crippen molar-refractivity contribution in [2.75, 3.05) is 13.2 Å². The molecule has 0 radical (unpaired) electrons. The standard InChI is InChI=1S/C15H24O2/c1-12(2)8-10-17-11-9-15(16)14-7-5-4-6-13(14)3/h4-7,12,15-16H,8-11H2,1-3H3. The number of hydrogen-bond acceptors (Lipinski definition) is 2. The molecule has 96 valence electrons. The Labute approximate surface area is 105 Å². The summed E-state index contributed by atoms with van der Waals surface area (Å²) in [6.45, 7) is 7.82. The molecule has 0 saturated carbocycles. The predicted octanol–water partition coefficient (Wildman–Crippen LogP) is 3.48. The molecule has 0 bridgehead atoms. The first kappa shape index (κ1) is 14.2. The number of aliphatic hydroxyl groups excluding tert-OH is 1. The molecule has 0 spiro atoms. The van der Waals surface area contributed by atoms with Gasteiger partial charge in [-0.15, -0.1) is 0 Å². The van der Waals surface area contributed by atoms with Crippen LogP contribution in [0.1, 0.15) is 43.9 Å². The lowest BCUT2D eigenvalue weighted by Crippen LogP contribution is -2.06. The largest absolute Gasteiger partial charge is 0.388 e. The molecule has 0 aliphatic carbocycles. The van der Waals surface area contributed by atoms with Crippen LogP contribution in [0, 0.1) is 12.8 Å². The van der Waals surface area contributed by atoms with Gasteiger partial charge in [0.2, 0.25) is 0 Å². The van der Waals surface area contributed by atoms with Crippen molar-refractivity contribution >= 4 is 0 Å². The molecule has 1 unspecified atom stereocenters. The molecule has 1 rings (SSSR count). The fourth-order valence-corrected chi connectivity index (χ4v) is 1.73. The first-order valence-corrected chi connectivity index (χ1v) is 6.42. The third-order valence-electron chi connectivity index (χ3n) is 2.92. The zero-order valence-electron chi connectivity index (χ0n) is 11.1. The maximum atomic E-state index is 10.0. The molecule has 2 nitrogen and oxygen atoms in total. The lowest BCUT2D eigenvalue weighted by Gasteiger charge is -2.14. The van der Waals surface area contributed by atoms with Gasteiger partial charge in [-0.05, 0) is 30.4 Å². The third kappa shape index (κ3) is 5.33.